The summed E-state index contributed by atoms with van der Waals surface area (Å²) in [5.41, 5.74) is 7.37. The molecule has 2 aromatic rings. The SMILES string of the molecule is CCc1nc(Nc2ccc(C(N)=S)c(F)c2)sc1C. The molecule has 0 fully saturated rings. The molecule has 0 atom stereocenters. The smallest absolute Gasteiger partial charge is 0.187 e. The Morgan fingerprint density at radius 3 is 2.79 bits per heavy atom. The van der Waals surface area contributed by atoms with E-state index in [-0.39, 0.29) is 10.6 Å². The minimum absolute atomic E-state index is 0.0578. The fourth-order valence-electron chi connectivity index (χ4n) is 1.73. The molecule has 19 heavy (non-hydrogen) atoms. The number of thiazole rings is 1. The van der Waals surface area contributed by atoms with Gasteiger partial charge in [-0.3, -0.25) is 0 Å². The largest absolute Gasteiger partial charge is 0.389 e. The molecule has 100 valence electrons. The first kappa shape index (κ1) is 13.9. The number of aromatic nitrogens is 1. The first-order chi connectivity index (χ1) is 9.01. The zero-order chi connectivity index (χ0) is 14.0. The number of aryl methyl sites for hydroxylation is 2. The van der Waals surface area contributed by atoms with Crippen molar-refractivity contribution in [2.45, 2.75) is 20.3 Å². The summed E-state index contributed by atoms with van der Waals surface area (Å²) in [5, 5.41) is 3.85. The van der Waals surface area contributed by atoms with Crippen molar-refractivity contribution in [3.63, 3.8) is 0 Å². The molecule has 3 nitrogen and oxygen atoms in total. The van der Waals surface area contributed by atoms with Gasteiger partial charge in [0, 0.05) is 16.1 Å². The number of benzene rings is 1. The molecule has 0 aliphatic rings. The molecule has 0 amide bonds. The molecule has 0 saturated carbocycles. The summed E-state index contributed by atoms with van der Waals surface area (Å²) in [6.45, 7) is 4.08. The standard InChI is InChI=1S/C13H14FN3S2/c1-3-11-7(2)19-13(17-11)16-8-4-5-9(12(15)18)10(14)6-8/h4-6H,3H2,1-2H3,(H2,15,18)(H,16,17). The molecule has 0 aliphatic heterocycles. The molecule has 0 spiro atoms. The Morgan fingerprint density at radius 2 is 2.26 bits per heavy atom. The lowest BCUT2D eigenvalue weighted by Gasteiger charge is -2.05. The average molecular weight is 295 g/mol. The van der Waals surface area contributed by atoms with Crippen LogP contribution in [0.1, 0.15) is 23.1 Å². The van der Waals surface area contributed by atoms with Gasteiger partial charge < -0.3 is 11.1 Å². The van der Waals surface area contributed by atoms with Crippen LogP contribution in [-0.4, -0.2) is 9.97 Å². The Morgan fingerprint density at radius 1 is 1.53 bits per heavy atom. The van der Waals surface area contributed by atoms with Crippen LogP contribution >= 0.6 is 23.6 Å². The highest BCUT2D eigenvalue weighted by atomic mass is 32.1. The Hall–Kier alpha value is -1.53. The van der Waals surface area contributed by atoms with Crippen LogP contribution in [0, 0.1) is 12.7 Å². The van der Waals surface area contributed by atoms with Gasteiger partial charge in [0.1, 0.15) is 10.8 Å². The molecule has 0 radical (unpaired) electrons. The summed E-state index contributed by atoms with van der Waals surface area (Å²) in [7, 11) is 0. The summed E-state index contributed by atoms with van der Waals surface area (Å²) in [4.78, 5) is 5.67. The van der Waals surface area contributed by atoms with Crippen molar-refractivity contribution in [1.82, 2.24) is 4.98 Å². The molecule has 6 heteroatoms. The van der Waals surface area contributed by atoms with E-state index in [0.29, 0.717) is 5.69 Å². The van der Waals surface area contributed by atoms with E-state index in [2.05, 4.69) is 17.2 Å². The van der Waals surface area contributed by atoms with Crippen LogP contribution in [0.4, 0.5) is 15.2 Å². The molecule has 1 aromatic heterocycles. The fraction of sp³-hybridized carbons (Fsp3) is 0.231. The van der Waals surface area contributed by atoms with Crippen molar-refractivity contribution in [3.8, 4) is 0 Å². The van der Waals surface area contributed by atoms with Crippen molar-refractivity contribution in [2.24, 2.45) is 5.73 Å². The van der Waals surface area contributed by atoms with Crippen molar-refractivity contribution in [3.05, 3.63) is 40.2 Å². The maximum atomic E-state index is 13.7. The van der Waals surface area contributed by atoms with Crippen molar-refractivity contribution in [2.75, 3.05) is 5.32 Å². The minimum atomic E-state index is -0.429. The van der Waals surface area contributed by atoms with Gasteiger partial charge in [-0.05, 0) is 31.5 Å². The van der Waals surface area contributed by atoms with E-state index >= 15 is 0 Å². The fourth-order valence-corrected chi connectivity index (χ4v) is 2.81. The van der Waals surface area contributed by atoms with Gasteiger partial charge in [-0.25, -0.2) is 9.37 Å². The Balaban J connectivity index is 2.23. The third-order valence-corrected chi connectivity index (χ3v) is 3.86. The highest BCUT2D eigenvalue weighted by Crippen LogP contribution is 2.26. The van der Waals surface area contributed by atoms with Crippen molar-refractivity contribution in [1.29, 1.82) is 0 Å². The van der Waals surface area contributed by atoms with E-state index < -0.39 is 5.82 Å². The first-order valence-electron chi connectivity index (χ1n) is 5.84. The molecular weight excluding hydrogens is 281 g/mol. The summed E-state index contributed by atoms with van der Waals surface area (Å²) in [6, 6.07) is 4.68. The predicted octanol–water partition coefficient (Wildman–Crippen LogP) is 3.53. The zero-order valence-corrected chi connectivity index (χ0v) is 12.3. The lowest BCUT2D eigenvalue weighted by Crippen LogP contribution is -2.11. The van der Waals surface area contributed by atoms with Gasteiger partial charge in [0.2, 0.25) is 0 Å². The van der Waals surface area contributed by atoms with Crippen LogP contribution in [0.25, 0.3) is 0 Å². The van der Waals surface area contributed by atoms with E-state index in [1.54, 1.807) is 23.5 Å². The number of halogens is 1. The van der Waals surface area contributed by atoms with Crippen LogP contribution in [0.2, 0.25) is 0 Å². The first-order valence-corrected chi connectivity index (χ1v) is 7.06. The molecular formula is C13H14FN3S2. The second-order valence-corrected chi connectivity index (χ2v) is 5.70. The van der Waals surface area contributed by atoms with Gasteiger partial charge in [0.05, 0.1) is 5.69 Å². The third kappa shape index (κ3) is 3.08. The number of hydrogen-bond donors (Lipinski definition) is 2. The summed E-state index contributed by atoms with van der Waals surface area (Å²) in [6.07, 6.45) is 0.888. The van der Waals surface area contributed by atoms with E-state index in [0.717, 1.165) is 17.2 Å². The van der Waals surface area contributed by atoms with Crippen LogP contribution in [0.15, 0.2) is 18.2 Å². The summed E-state index contributed by atoms with van der Waals surface area (Å²) < 4.78 is 13.7. The van der Waals surface area contributed by atoms with Crippen molar-refractivity contribution >= 4 is 39.4 Å². The number of hydrogen-bond acceptors (Lipinski definition) is 4. The van der Waals surface area contributed by atoms with Crippen LogP contribution in [-0.2, 0) is 6.42 Å². The second-order valence-electron chi connectivity index (χ2n) is 4.06. The number of nitrogens with one attached hydrogen (secondary N) is 1. The quantitative estimate of drug-likeness (QED) is 0.847. The van der Waals surface area contributed by atoms with Crippen LogP contribution < -0.4 is 11.1 Å². The maximum Gasteiger partial charge on any atom is 0.187 e. The normalized spacial score (nSPS) is 10.5. The van der Waals surface area contributed by atoms with E-state index in [1.807, 2.05) is 6.92 Å². The van der Waals surface area contributed by atoms with Gasteiger partial charge in [-0.1, -0.05) is 19.1 Å². The lowest BCUT2D eigenvalue weighted by molar-refractivity contribution is 0.626. The number of rotatable bonds is 4. The molecule has 0 aliphatic carbocycles. The van der Waals surface area contributed by atoms with Crippen LogP contribution in [0.5, 0.6) is 0 Å². The minimum Gasteiger partial charge on any atom is -0.389 e. The molecule has 1 aromatic carbocycles. The maximum absolute atomic E-state index is 13.7. The van der Waals surface area contributed by atoms with Crippen LogP contribution in [0.3, 0.4) is 0 Å². The molecule has 2 rings (SSSR count). The van der Waals surface area contributed by atoms with E-state index in [9.17, 15) is 4.39 Å². The van der Waals surface area contributed by atoms with Crippen molar-refractivity contribution < 1.29 is 4.39 Å². The number of anilines is 2. The third-order valence-electron chi connectivity index (χ3n) is 2.71. The number of nitrogens with two attached hydrogens (primary N) is 1. The Kier molecular flexibility index (Phi) is 4.11. The topological polar surface area (TPSA) is 50.9 Å². The van der Waals surface area contributed by atoms with Gasteiger partial charge >= 0.3 is 0 Å². The predicted molar refractivity (Wildman–Crippen MR) is 81.8 cm³/mol. The summed E-state index contributed by atoms with van der Waals surface area (Å²) in [5.74, 6) is -0.429. The number of nitrogens with zero attached hydrogens (tertiary/aromatic N) is 1. The Labute approximate surface area is 120 Å². The van der Waals surface area contributed by atoms with E-state index in [1.165, 1.54) is 10.9 Å². The molecule has 0 saturated heterocycles. The zero-order valence-electron chi connectivity index (χ0n) is 10.7. The monoisotopic (exact) mass is 295 g/mol. The summed E-state index contributed by atoms with van der Waals surface area (Å²) >= 11 is 6.32. The molecule has 0 unspecified atom stereocenters. The average Bonchev–Trinajstić information content (AvgIpc) is 2.69. The Bertz CT molecular complexity index is 622. The molecule has 3 N–H and O–H groups in total. The highest BCUT2D eigenvalue weighted by Gasteiger charge is 2.09. The van der Waals surface area contributed by atoms with Gasteiger partial charge in [-0.15, -0.1) is 11.3 Å². The van der Waals surface area contributed by atoms with Gasteiger partial charge in [0.25, 0.3) is 0 Å². The second kappa shape index (κ2) is 5.63. The highest BCUT2D eigenvalue weighted by molar-refractivity contribution is 7.80. The molecule has 0 bridgehead atoms. The molecule has 1 heterocycles. The van der Waals surface area contributed by atoms with Gasteiger partial charge in [-0.2, -0.15) is 0 Å². The number of thiocarbonyl (C=S) groups is 1. The lowest BCUT2D eigenvalue weighted by atomic mass is 10.2. The van der Waals surface area contributed by atoms with Gasteiger partial charge in [0.15, 0.2) is 5.13 Å². The van der Waals surface area contributed by atoms with E-state index in [4.69, 9.17) is 18.0 Å².